The molecule has 0 heterocycles. The maximum Gasteiger partial charge on any atom is 0.347 e. The average Bonchev–Trinajstić information content (AvgIpc) is 2.67. The molecule has 0 spiro atoms. The van der Waals surface area contributed by atoms with Crippen LogP contribution in [0.5, 0.6) is 11.5 Å². The van der Waals surface area contributed by atoms with E-state index in [9.17, 15) is 9.59 Å². The number of ether oxygens (including phenoxy) is 2. The number of nitrogens with one attached hydrogen (secondary N) is 1. The van der Waals surface area contributed by atoms with Gasteiger partial charge in [-0.3, -0.25) is 9.63 Å². The number of esters is 1. The maximum atomic E-state index is 12.4. The van der Waals surface area contributed by atoms with Gasteiger partial charge in [-0.15, -0.1) is 0 Å². The van der Waals surface area contributed by atoms with Crippen molar-refractivity contribution in [2.24, 2.45) is 0 Å². The van der Waals surface area contributed by atoms with Crippen molar-refractivity contribution in [2.75, 3.05) is 13.2 Å². The second-order valence-corrected chi connectivity index (χ2v) is 6.77. The van der Waals surface area contributed by atoms with Crippen LogP contribution in [0.1, 0.15) is 50.5 Å². The molecule has 6 heteroatoms. The Bertz CT molecular complexity index is 738. The highest BCUT2D eigenvalue weighted by Gasteiger charge is 2.20. The van der Waals surface area contributed by atoms with Crippen LogP contribution in [0, 0.1) is 0 Å². The molecule has 6 nitrogen and oxygen atoms in total. The molecular formula is C22H29NO5. The Morgan fingerprint density at radius 3 is 2.21 bits per heavy atom. The van der Waals surface area contributed by atoms with Crippen LogP contribution in [0.15, 0.2) is 48.5 Å². The lowest BCUT2D eigenvalue weighted by atomic mass is 9.86. The summed E-state index contributed by atoms with van der Waals surface area (Å²) in [5, 5.41) is 0. The predicted molar refractivity (Wildman–Crippen MR) is 109 cm³/mol. The first kappa shape index (κ1) is 23.2. The van der Waals surface area contributed by atoms with E-state index in [1.54, 1.807) is 25.1 Å². The smallest absolute Gasteiger partial charge is 0.347 e. The summed E-state index contributed by atoms with van der Waals surface area (Å²) in [6.07, 6.45) is 0.490. The molecular weight excluding hydrogens is 358 g/mol. The topological polar surface area (TPSA) is 73.9 Å². The van der Waals surface area contributed by atoms with Crippen LogP contribution < -0.4 is 15.0 Å². The highest BCUT2D eigenvalue weighted by molar-refractivity contribution is 5.94. The van der Waals surface area contributed by atoms with Crippen molar-refractivity contribution in [3.8, 4) is 11.5 Å². The standard InChI is InChI=1S/C19H22O3.C3H7NO2/c1-5-21-17-13-14(19(2,3)4)11-12-16(17)18(20)22-15-9-7-6-8-10-15;1-2-6-4-3-5/h6-13H,5H2,1-4H3;3H,2H2,1H3,(H,4,5). The molecule has 0 saturated heterocycles. The minimum atomic E-state index is -0.407. The number of carbonyl (C=O) groups is 2. The molecule has 0 atom stereocenters. The molecule has 2 aromatic rings. The number of carbonyl (C=O) groups excluding carboxylic acids is 2. The van der Waals surface area contributed by atoms with E-state index in [0.29, 0.717) is 36.7 Å². The molecule has 1 amide bonds. The number of hydrogen-bond acceptors (Lipinski definition) is 5. The summed E-state index contributed by atoms with van der Waals surface area (Å²) in [6, 6.07) is 14.7. The molecule has 0 bridgehead atoms. The number of hydrogen-bond donors (Lipinski definition) is 1. The largest absolute Gasteiger partial charge is 0.493 e. The Hall–Kier alpha value is -2.86. The number of para-hydroxylation sites is 1. The Labute approximate surface area is 166 Å². The fourth-order valence-electron chi connectivity index (χ4n) is 2.20. The minimum Gasteiger partial charge on any atom is -0.493 e. The van der Waals surface area contributed by atoms with Crippen LogP contribution in [-0.2, 0) is 15.0 Å². The number of amides is 1. The lowest BCUT2D eigenvalue weighted by Crippen LogP contribution is -2.15. The van der Waals surface area contributed by atoms with Gasteiger partial charge in [0.15, 0.2) is 0 Å². The molecule has 2 aromatic carbocycles. The SMILES string of the molecule is CCONC=O.CCOc1cc(C(C)(C)C)ccc1C(=O)Oc1ccccc1. The second-order valence-electron chi connectivity index (χ2n) is 6.77. The lowest BCUT2D eigenvalue weighted by Gasteiger charge is -2.21. The zero-order valence-electron chi connectivity index (χ0n) is 17.2. The van der Waals surface area contributed by atoms with Gasteiger partial charge in [0.1, 0.15) is 17.1 Å². The van der Waals surface area contributed by atoms with E-state index in [4.69, 9.17) is 9.47 Å². The van der Waals surface area contributed by atoms with Crippen LogP contribution in [0.2, 0.25) is 0 Å². The first-order valence-electron chi connectivity index (χ1n) is 9.19. The van der Waals surface area contributed by atoms with Crippen LogP contribution in [0.3, 0.4) is 0 Å². The number of rotatable bonds is 7. The highest BCUT2D eigenvalue weighted by atomic mass is 16.6. The van der Waals surface area contributed by atoms with Gasteiger partial charge in [0.05, 0.1) is 13.2 Å². The van der Waals surface area contributed by atoms with E-state index in [1.807, 2.05) is 42.7 Å². The molecule has 152 valence electrons. The molecule has 28 heavy (non-hydrogen) atoms. The van der Waals surface area contributed by atoms with Crippen molar-refractivity contribution in [3.63, 3.8) is 0 Å². The van der Waals surface area contributed by atoms with Gasteiger partial charge in [0.2, 0.25) is 6.41 Å². The van der Waals surface area contributed by atoms with E-state index in [2.05, 4.69) is 25.6 Å². The summed E-state index contributed by atoms with van der Waals surface area (Å²) in [5.41, 5.74) is 3.57. The van der Waals surface area contributed by atoms with Gasteiger partial charge >= 0.3 is 5.97 Å². The predicted octanol–water partition coefficient (Wildman–Crippen LogP) is 4.29. The van der Waals surface area contributed by atoms with Gasteiger partial charge in [-0.25, -0.2) is 10.3 Å². The lowest BCUT2D eigenvalue weighted by molar-refractivity contribution is -0.120. The summed E-state index contributed by atoms with van der Waals surface area (Å²) in [6.45, 7) is 11.1. The van der Waals surface area contributed by atoms with Crippen molar-refractivity contribution in [2.45, 2.75) is 40.0 Å². The van der Waals surface area contributed by atoms with Gasteiger partial charge in [0, 0.05) is 0 Å². The van der Waals surface area contributed by atoms with E-state index < -0.39 is 5.97 Å². The van der Waals surface area contributed by atoms with Crippen molar-refractivity contribution in [1.82, 2.24) is 5.48 Å². The Morgan fingerprint density at radius 1 is 1.04 bits per heavy atom. The summed E-state index contributed by atoms with van der Waals surface area (Å²) in [4.78, 5) is 26.1. The molecule has 0 radical (unpaired) electrons. The first-order valence-corrected chi connectivity index (χ1v) is 9.19. The Balaban J connectivity index is 0.000000568. The second kappa shape index (κ2) is 11.8. The summed E-state index contributed by atoms with van der Waals surface area (Å²) >= 11 is 0. The Kier molecular flexibility index (Phi) is 9.74. The van der Waals surface area contributed by atoms with Gasteiger partial charge < -0.3 is 9.47 Å². The molecule has 0 aliphatic rings. The van der Waals surface area contributed by atoms with Crippen LogP contribution >= 0.6 is 0 Å². The monoisotopic (exact) mass is 387 g/mol. The van der Waals surface area contributed by atoms with Gasteiger partial charge in [-0.2, -0.15) is 0 Å². The van der Waals surface area contributed by atoms with Gasteiger partial charge in [-0.05, 0) is 49.1 Å². The third-order valence-corrected chi connectivity index (χ3v) is 3.60. The molecule has 0 fully saturated rings. The van der Waals surface area contributed by atoms with Gasteiger partial charge in [0.25, 0.3) is 0 Å². The van der Waals surface area contributed by atoms with Crippen LogP contribution in [0.25, 0.3) is 0 Å². The zero-order valence-corrected chi connectivity index (χ0v) is 17.2. The van der Waals surface area contributed by atoms with Crippen molar-refractivity contribution in [3.05, 3.63) is 59.7 Å². The maximum absolute atomic E-state index is 12.4. The summed E-state index contributed by atoms with van der Waals surface area (Å²) < 4.78 is 11.0. The summed E-state index contributed by atoms with van der Waals surface area (Å²) in [5.74, 6) is 0.681. The average molecular weight is 387 g/mol. The first-order chi connectivity index (χ1) is 13.3. The molecule has 0 aromatic heterocycles. The van der Waals surface area contributed by atoms with E-state index in [-0.39, 0.29) is 5.41 Å². The normalized spacial score (nSPS) is 10.3. The number of benzene rings is 2. The number of hydroxylamine groups is 1. The molecule has 0 saturated carbocycles. The van der Waals surface area contributed by atoms with Gasteiger partial charge in [-0.1, -0.05) is 45.0 Å². The molecule has 1 N–H and O–H groups in total. The summed E-state index contributed by atoms with van der Waals surface area (Å²) in [7, 11) is 0. The van der Waals surface area contributed by atoms with E-state index in [1.165, 1.54) is 0 Å². The van der Waals surface area contributed by atoms with Crippen molar-refractivity contribution in [1.29, 1.82) is 0 Å². The third kappa shape index (κ3) is 7.80. The fourth-order valence-corrected chi connectivity index (χ4v) is 2.20. The Morgan fingerprint density at radius 2 is 1.71 bits per heavy atom. The molecule has 0 aliphatic heterocycles. The highest BCUT2D eigenvalue weighted by Crippen LogP contribution is 2.29. The van der Waals surface area contributed by atoms with Crippen molar-refractivity contribution >= 4 is 12.4 Å². The van der Waals surface area contributed by atoms with Crippen molar-refractivity contribution < 1.29 is 23.9 Å². The molecule has 0 unspecified atom stereocenters. The third-order valence-electron chi connectivity index (χ3n) is 3.60. The van der Waals surface area contributed by atoms with Crippen LogP contribution in [0.4, 0.5) is 0 Å². The van der Waals surface area contributed by atoms with E-state index >= 15 is 0 Å². The minimum absolute atomic E-state index is 0.00623. The quantitative estimate of drug-likeness (QED) is 0.252. The zero-order chi connectivity index (χ0) is 21.0. The fraction of sp³-hybridized carbons (Fsp3) is 0.364. The van der Waals surface area contributed by atoms with E-state index in [0.717, 1.165) is 5.56 Å². The van der Waals surface area contributed by atoms with Crippen LogP contribution in [-0.4, -0.2) is 25.6 Å². The molecule has 0 aliphatic carbocycles. The molecule has 2 rings (SSSR count).